The van der Waals surface area contributed by atoms with Crippen LogP contribution in [0.2, 0.25) is 0 Å². The fourth-order valence-electron chi connectivity index (χ4n) is 4.87. The summed E-state index contributed by atoms with van der Waals surface area (Å²) in [6.07, 6.45) is 21.3. The summed E-state index contributed by atoms with van der Waals surface area (Å²) in [5.41, 5.74) is 0. The van der Waals surface area contributed by atoms with Gasteiger partial charge in [0.1, 0.15) is 0 Å². The largest absolute Gasteiger partial charge is 0.183 e. The maximum absolute atomic E-state index is 8.54. The average Bonchev–Trinajstić information content (AvgIpc) is 2.64. The molecule has 2 aliphatic rings. The van der Waals surface area contributed by atoms with Crippen LogP contribution in [0.5, 0.6) is 0 Å². The first kappa shape index (κ1) is 19.4. The smallest absolute Gasteiger partial charge is 0.152 e. The highest BCUT2D eigenvalue weighted by Gasteiger charge is 2.24. The number of nitriles is 1. The van der Waals surface area contributed by atoms with Gasteiger partial charge >= 0.3 is 0 Å². The molecule has 0 bridgehead atoms. The molecule has 1 heteroatoms. The van der Waals surface area contributed by atoms with E-state index in [1.807, 2.05) is 6.07 Å². The third-order valence-electron chi connectivity index (χ3n) is 6.59. The highest BCUT2D eigenvalue weighted by molar-refractivity contribution is 5.18. The van der Waals surface area contributed by atoms with Gasteiger partial charge in [0.25, 0.3) is 0 Å². The van der Waals surface area contributed by atoms with Gasteiger partial charge in [0.15, 0.2) is 6.07 Å². The lowest BCUT2D eigenvalue weighted by Crippen LogP contribution is -2.18. The van der Waals surface area contributed by atoms with Crippen LogP contribution in [0, 0.1) is 46.8 Å². The second kappa shape index (κ2) is 11.6. The predicted octanol–water partition coefficient (Wildman–Crippen LogP) is 6.88. The van der Waals surface area contributed by atoms with Crippen LogP contribution in [-0.4, -0.2) is 0 Å². The molecule has 2 fully saturated rings. The molecule has 0 aromatic heterocycles. The van der Waals surface area contributed by atoms with E-state index in [1.54, 1.807) is 0 Å². The lowest BCUT2D eigenvalue weighted by molar-refractivity contribution is 0.220. The van der Waals surface area contributed by atoms with Crippen molar-refractivity contribution in [2.75, 3.05) is 0 Å². The third-order valence-corrected chi connectivity index (χ3v) is 6.59. The third kappa shape index (κ3) is 7.30. The summed E-state index contributed by atoms with van der Waals surface area (Å²) in [6.45, 7) is 2.30. The van der Waals surface area contributed by atoms with E-state index in [2.05, 4.69) is 18.8 Å². The average molecular weight is 328 g/mol. The summed E-state index contributed by atoms with van der Waals surface area (Å²) in [7, 11) is 0. The maximum atomic E-state index is 8.54. The molecule has 0 spiro atoms. The van der Waals surface area contributed by atoms with Gasteiger partial charge in [0.05, 0.1) is 0 Å². The molecule has 24 heavy (non-hydrogen) atoms. The molecule has 2 rings (SSSR count). The Morgan fingerprint density at radius 3 is 1.79 bits per heavy atom. The number of unbranched alkanes of at least 4 members (excludes halogenated alkanes) is 3. The Balaban J connectivity index is 1.53. The topological polar surface area (TPSA) is 23.8 Å². The number of hydrogen-bond donors (Lipinski definition) is 0. The van der Waals surface area contributed by atoms with Crippen LogP contribution in [0.4, 0.5) is 0 Å². The molecule has 0 N–H and O–H groups in total. The first-order valence-electron chi connectivity index (χ1n) is 10.7. The van der Waals surface area contributed by atoms with Gasteiger partial charge in [-0.2, -0.15) is 5.26 Å². The molecule has 0 radical (unpaired) electrons. The van der Waals surface area contributed by atoms with Crippen molar-refractivity contribution in [1.82, 2.24) is 0 Å². The Kier molecular flexibility index (Phi) is 9.35. The van der Waals surface area contributed by atoms with Crippen LogP contribution in [0.25, 0.3) is 0 Å². The quantitative estimate of drug-likeness (QED) is 0.352. The van der Waals surface area contributed by atoms with Crippen LogP contribution < -0.4 is 0 Å². The maximum Gasteiger partial charge on any atom is 0.152 e. The summed E-state index contributed by atoms with van der Waals surface area (Å²) in [6, 6.07) is 1.96. The van der Waals surface area contributed by atoms with E-state index < -0.39 is 0 Å². The fourth-order valence-corrected chi connectivity index (χ4v) is 4.87. The number of rotatable bonds is 8. The molecule has 1 nitrogen and oxygen atoms in total. The van der Waals surface area contributed by atoms with Crippen LogP contribution in [0.1, 0.15) is 103 Å². The molecule has 0 aliphatic heterocycles. The van der Waals surface area contributed by atoms with E-state index in [-0.39, 0.29) is 0 Å². The lowest BCUT2D eigenvalue weighted by Gasteiger charge is -2.31. The highest BCUT2D eigenvalue weighted by Crippen LogP contribution is 2.37. The van der Waals surface area contributed by atoms with Gasteiger partial charge in [-0.1, -0.05) is 83.5 Å². The molecule has 0 atom stereocenters. The van der Waals surface area contributed by atoms with Crippen molar-refractivity contribution < 1.29 is 0 Å². The van der Waals surface area contributed by atoms with Crippen molar-refractivity contribution >= 4 is 0 Å². The van der Waals surface area contributed by atoms with Crippen LogP contribution >= 0.6 is 0 Å². The lowest BCUT2D eigenvalue weighted by atomic mass is 9.75. The summed E-state index contributed by atoms with van der Waals surface area (Å²) in [4.78, 5) is 0. The molecular formula is C23H37N. The van der Waals surface area contributed by atoms with Crippen molar-refractivity contribution in [1.29, 1.82) is 5.26 Å². The second-order valence-electron chi connectivity index (χ2n) is 8.41. The number of hydrogen-bond acceptors (Lipinski definition) is 1. The SMILES string of the molecule is CCCCCCC1CCC(CCC2CCC(C#CC#N)CC2)CC1. The molecule has 0 heterocycles. The van der Waals surface area contributed by atoms with E-state index in [0.29, 0.717) is 5.92 Å². The van der Waals surface area contributed by atoms with E-state index in [9.17, 15) is 0 Å². The molecule has 2 aliphatic carbocycles. The summed E-state index contributed by atoms with van der Waals surface area (Å²) in [5.74, 6) is 9.23. The van der Waals surface area contributed by atoms with Gasteiger partial charge in [-0.15, -0.1) is 0 Å². The Morgan fingerprint density at radius 2 is 1.25 bits per heavy atom. The van der Waals surface area contributed by atoms with Gasteiger partial charge in [-0.05, 0) is 43.4 Å². The summed E-state index contributed by atoms with van der Waals surface area (Å²) in [5, 5.41) is 8.54. The standard InChI is InChI=1S/C23H37N/c1-2-3-4-5-7-20-9-13-22(14-10-20)17-18-23-15-11-21(12-16-23)8-6-19-24/h20-23H,2-5,7,9-18H2,1H3. The van der Waals surface area contributed by atoms with Crippen molar-refractivity contribution in [3.8, 4) is 17.9 Å². The molecule has 0 unspecified atom stereocenters. The zero-order valence-electron chi connectivity index (χ0n) is 15.9. The first-order chi connectivity index (χ1) is 11.8. The Hall–Kier alpha value is -0.950. The van der Waals surface area contributed by atoms with E-state index in [4.69, 9.17) is 5.26 Å². The first-order valence-corrected chi connectivity index (χ1v) is 10.7. The normalized spacial score (nSPS) is 30.2. The molecule has 134 valence electrons. The van der Waals surface area contributed by atoms with Crippen LogP contribution in [0.15, 0.2) is 0 Å². The molecule has 0 saturated heterocycles. The predicted molar refractivity (Wildman–Crippen MR) is 102 cm³/mol. The Morgan fingerprint density at radius 1 is 0.708 bits per heavy atom. The van der Waals surface area contributed by atoms with Gasteiger partial charge in [0, 0.05) is 11.8 Å². The van der Waals surface area contributed by atoms with Gasteiger partial charge in [-0.3, -0.25) is 0 Å². The fraction of sp³-hybridized carbons (Fsp3) is 0.870. The summed E-state index contributed by atoms with van der Waals surface area (Å²) >= 11 is 0. The van der Waals surface area contributed by atoms with E-state index >= 15 is 0 Å². The van der Waals surface area contributed by atoms with Crippen molar-refractivity contribution in [3.63, 3.8) is 0 Å². The molecule has 2 saturated carbocycles. The van der Waals surface area contributed by atoms with Crippen molar-refractivity contribution in [2.45, 2.75) is 103 Å². The summed E-state index contributed by atoms with van der Waals surface area (Å²) < 4.78 is 0. The monoisotopic (exact) mass is 327 g/mol. The molecular weight excluding hydrogens is 290 g/mol. The van der Waals surface area contributed by atoms with Crippen LogP contribution in [0.3, 0.4) is 0 Å². The molecule has 0 aromatic carbocycles. The second-order valence-corrected chi connectivity index (χ2v) is 8.41. The van der Waals surface area contributed by atoms with Crippen LogP contribution in [-0.2, 0) is 0 Å². The zero-order valence-corrected chi connectivity index (χ0v) is 15.9. The molecule has 0 amide bonds. The van der Waals surface area contributed by atoms with E-state index in [1.165, 1.54) is 96.3 Å². The Bertz CT molecular complexity index is 419. The Labute approximate surface area is 150 Å². The van der Waals surface area contributed by atoms with E-state index in [0.717, 1.165) is 17.8 Å². The molecule has 0 aromatic rings. The minimum absolute atomic E-state index is 0.504. The zero-order chi connectivity index (χ0) is 17.0. The highest BCUT2D eigenvalue weighted by atomic mass is 14.3. The van der Waals surface area contributed by atoms with Gasteiger partial charge < -0.3 is 0 Å². The van der Waals surface area contributed by atoms with Gasteiger partial charge in [0.2, 0.25) is 0 Å². The van der Waals surface area contributed by atoms with Crippen molar-refractivity contribution in [2.24, 2.45) is 23.7 Å². The van der Waals surface area contributed by atoms with Crippen molar-refractivity contribution in [3.05, 3.63) is 0 Å². The van der Waals surface area contributed by atoms with Gasteiger partial charge in [-0.25, -0.2) is 0 Å². The number of nitrogens with zero attached hydrogens (tertiary/aromatic N) is 1. The minimum atomic E-state index is 0.504. The minimum Gasteiger partial charge on any atom is -0.183 e.